The molecule has 36 heavy (non-hydrogen) atoms. The second-order valence-corrected chi connectivity index (χ2v) is 11.6. The molecular formula is C22H25F2N7O4S. The standard InChI is InChI=1S/C22H25F2N7O4S/c1-12(2)18-27-20(35-29-18)13-4-6-15(7-5-13)34-21-17-19(25-11-26-21)31(30-28-17)16-10-14(23)8-9-22(16,24)36(3,32)33/h8-13,15-16H,4-7H2,1-3H3. The van der Waals surface area contributed by atoms with Gasteiger partial charge in [-0.25, -0.2) is 26.9 Å². The lowest BCUT2D eigenvalue weighted by Crippen LogP contribution is -2.41. The summed E-state index contributed by atoms with van der Waals surface area (Å²) >= 11 is 0. The van der Waals surface area contributed by atoms with Crippen molar-refractivity contribution in [1.29, 1.82) is 0 Å². The van der Waals surface area contributed by atoms with Crippen molar-refractivity contribution >= 4 is 21.0 Å². The van der Waals surface area contributed by atoms with Crippen molar-refractivity contribution in [3.63, 3.8) is 0 Å². The summed E-state index contributed by atoms with van der Waals surface area (Å²) in [5.41, 5.74) is 0.146. The van der Waals surface area contributed by atoms with Gasteiger partial charge >= 0.3 is 0 Å². The average molecular weight is 522 g/mol. The van der Waals surface area contributed by atoms with E-state index in [1.165, 1.54) is 6.33 Å². The highest BCUT2D eigenvalue weighted by atomic mass is 32.2. The first-order chi connectivity index (χ1) is 17.1. The van der Waals surface area contributed by atoms with Gasteiger partial charge in [0.15, 0.2) is 26.8 Å². The van der Waals surface area contributed by atoms with E-state index in [0.717, 1.165) is 35.9 Å². The molecule has 3 aromatic heterocycles. The molecule has 1 saturated carbocycles. The Balaban J connectivity index is 1.36. The predicted octanol–water partition coefficient (Wildman–Crippen LogP) is 3.51. The summed E-state index contributed by atoms with van der Waals surface area (Å²) in [4.78, 5) is 12.7. The predicted molar refractivity (Wildman–Crippen MR) is 123 cm³/mol. The fourth-order valence-corrected chi connectivity index (χ4v) is 5.36. The van der Waals surface area contributed by atoms with Gasteiger partial charge in [-0.05, 0) is 43.9 Å². The molecule has 11 nitrogen and oxygen atoms in total. The Hall–Kier alpha value is -3.29. The molecule has 0 aromatic carbocycles. The highest BCUT2D eigenvalue weighted by Crippen LogP contribution is 2.40. The molecule has 2 unspecified atom stereocenters. The zero-order valence-corrected chi connectivity index (χ0v) is 20.7. The maximum absolute atomic E-state index is 15.6. The summed E-state index contributed by atoms with van der Waals surface area (Å²) < 4.78 is 66.6. The van der Waals surface area contributed by atoms with Crippen LogP contribution in [0.1, 0.15) is 69.1 Å². The van der Waals surface area contributed by atoms with Crippen LogP contribution in [-0.4, -0.2) is 60.9 Å². The van der Waals surface area contributed by atoms with Gasteiger partial charge in [0.1, 0.15) is 24.3 Å². The molecule has 0 radical (unpaired) electrons. The van der Waals surface area contributed by atoms with E-state index in [9.17, 15) is 12.8 Å². The van der Waals surface area contributed by atoms with Crippen LogP contribution in [0.5, 0.6) is 5.88 Å². The van der Waals surface area contributed by atoms with Crippen LogP contribution in [0.4, 0.5) is 8.78 Å². The smallest absolute Gasteiger partial charge is 0.254 e. The highest BCUT2D eigenvalue weighted by molar-refractivity contribution is 7.92. The van der Waals surface area contributed by atoms with Gasteiger partial charge in [-0.3, -0.25) is 0 Å². The number of allylic oxidation sites excluding steroid dienone is 3. The number of aromatic nitrogens is 7. The summed E-state index contributed by atoms with van der Waals surface area (Å²) in [5.74, 6) is 0.982. The van der Waals surface area contributed by atoms with E-state index in [2.05, 4.69) is 30.4 Å². The molecule has 3 aromatic rings. The minimum atomic E-state index is -4.30. The molecule has 0 bridgehead atoms. The van der Waals surface area contributed by atoms with Crippen LogP contribution in [0.15, 0.2) is 34.9 Å². The fourth-order valence-electron chi connectivity index (χ4n) is 4.44. The quantitative estimate of drug-likeness (QED) is 0.473. The summed E-state index contributed by atoms with van der Waals surface area (Å²) in [5, 5.41) is 9.00. The minimum absolute atomic E-state index is 0.0239. The van der Waals surface area contributed by atoms with Crippen molar-refractivity contribution in [3.05, 3.63) is 42.1 Å². The second-order valence-electron chi connectivity index (χ2n) is 9.42. The number of halogens is 2. The zero-order valence-electron chi connectivity index (χ0n) is 19.9. The van der Waals surface area contributed by atoms with Crippen LogP contribution in [0.2, 0.25) is 0 Å². The molecule has 0 N–H and O–H groups in total. The largest absolute Gasteiger partial charge is 0.473 e. The number of rotatable bonds is 6. The lowest BCUT2D eigenvalue weighted by molar-refractivity contribution is 0.135. The van der Waals surface area contributed by atoms with E-state index in [1.54, 1.807) is 0 Å². The number of hydrogen-bond acceptors (Lipinski definition) is 10. The van der Waals surface area contributed by atoms with Gasteiger partial charge in [-0.2, -0.15) is 9.97 Å². The number of alkyl halides is 1. The first-order valence-corrected chi connectivity index (χ1v) is 13.5. The molecule has 0 aliphatic heterocycles. The first-order valence-electron chi connectivity index (χ1n) is 11.6. The summed E-state index contributed by atoms with van der Waals surface area (Å²) in [6, 6.07) is -1.65. The van der Waals surface area contributed by atoms with Crippen LogP contribution >= 0.6 is 0 Å². The van der Waals surface area contributed by atoms with E-state index in [-0.39, 0.29) is 35.0 Å². The van der Waals surface area contributed by atoms with Crippen LogP contribution in [0.3, 0.4) is 0 Å². The Morgan fingerprint density at radius 3 is 2.64 bits per heavy atom. The van der Waals surface area contributed by atoms with Gasteiger partial charge in [0.2, 0.25) is 11.8 Å². The Kier molecular flexibility index (Phi) is 6.09. The zero-order chi connectivity index (χ0) is 25.7. The Morgan fingerprint density at radius 2 is 1.97 bits per heavy atom. The Labute approximate surface area is 205 Å². The van der Waals surface area contributed by atoms with E-state index < -0.39 is 26.7 Å². The molecule has 1 fully saturated rings. The Morgan fingerprint density at radius 1 is 1.22 bits per heavy atom. The van der Waals surface area contributed by atoms with Gasteiger partial charge in [0, 0.05) is 18.1 Å². The van der Waals surface area contributed by atoms with E-state index in [0.29, 0.717) is 30.6 Å². The van der Waals surface area contributed by atoms with E-state index in [1.807, 2.05) is 13.8 Å². The summed E-state index contributed by atoms with van der Waals surface area (Å²) in [6.45, 7) is 4.01. The van der Waals surface area contributed by atoms with Crippen LogP contribution in [0.25, 0.3) is 11.2 Å². The topological polar surface area (TPSA) is 139 Å². The third kappa shape index (κ3) is 4.27. The molecule has 2 atom stereocenters. The highest BCUT2D eigenvalue weighted by Gasteiger charge is 2.50. The second kappa shape index (κ2) is 8.98. The molecule has 5 rings (SSSR count). The first kappa shape index (κ1) is 24.4. The summed E-state index contributed by atoms with van der Waals surface area (Å²) in [7, 11) is -4.30. The molecule has 14 heteroatoms. The van der Waals surface area contributed by atoms with Crippen molar-refractivity contribution < 1.29 is 26.5 Å². The number of nitrogens with zero attached hydrogens (tertiary/aromatic N) is 7. The van der Waals surface area contributed by atoms with E-state index >= 15 is 4.39 Å². The molecule has 0 amide bonds. The van der Waals surface area contributed by atoms with Crippen molar-refractivity contribution in [2.45, 2.75) is 68.5 Å². The molecule has 2 aliphatic rings. The molecule has 192 valence electrons. The van der Waals surface area contributed by atoms with Gasteiger partial charge < -0.3 is 9.26 Å². The van der Waals surface area contributed by atoms with Crippen LogP contribution < -0.4 is 4.74 Å². The number of hydrogen-bond donors (Lipinski definition) is 0. The van der Waals surface area contributed by atoms with Crippen molar-refractivity contribution in [2.24, 2.45) is 0 Å². The van der Waals surface area contributed by atoms with Crippen molar-refractivity contribution in [3.8, 4) is 5.88 Å². The lowest BCUT2D eigenvalue weighted by Gasteiger charge is -2.29. The van der Waals surface area contributed by atoms with Crippen molar-refractivity contribution in [1.82, 2.24) is 35.1 Å². The molecule has 3 heterocycles. The molecular weight excluding hydrogens is 496 g/mol. The number of sulfone groups is 1. The van der Waals surface area contributed by atoms with Gasteiger partial charge in [0.05, 0.1) is 0 Å². The third-order valence-electron chi connectivity index (χ3n) is 6.53. The van der Waals surface area contributed by atoms with Crippen LogP contribution in [-0.2, 0) is 9.84 Å². The molecule has 0 spiro atoms. The third-order valence-corrected chi connectivity index (χ3v) is 8.04. The average Bonchev–Trinajstić information content (AvgIpc) is 3.49. The monoisotopic (exact) mass is 521 g/mol. The van der Waals surface area contributed by atoms with Gasteiger partial charge in [0.25, 0.3) is 5.00 Å². The summed E-state index contributed by atoms with van der Waals surface area (Å²) in [6.07, 6.45) is 6.98. The van der Waals surface area contributed by atoms with Gasteiger partial charge in [-0.1, -0.05) is 24.2 Å². The molecule has 2 aliphatic carbocycles. The minimum Gasteiger partial charge on any atom is -0.473 e. The molecule has 0 saturated heterocycles. The van der Waals surface area contributed by atoms with E-state index in [4.69, 9.17) is 9.26 Å². The lowest BCUT2D eigenvalue weighted by atomic mass is 9.87. The van der Waals surface area contributed by atoms with Crippen LogP contribution in [0, 0.1) is 0 Å². The SMILES string of the molecule is CC(C)c1noc(C2CCC(Oc3ncnc4c3nnn4C3C=C(F)C=CC3(F)S(C)(=O)=O)CC2)n1. The maximum Gasteiger partial charge on any atom is 0.254 e. The number of fused-ring (bicyclic) bond motifs is 1. The maximum atomic E-state index is 15.6. The normalized spacial score (nSPS) is 26.9. The van der Waals surface area contributed by atoms with Crippen molar-refractivity contribution in [2.75, 3.05) is 6.26 Å². The Bertz CT molecular complexity index is 1440. The fraction of sp³-hybridized carbons (Fsp3) is 0.545. The van der Waals surface area contributed by atoms with Gasteiger partial charge in [-0.15, -0.1) is 5.10 Å². The number of ether oxygens (including phenoxy) is 1.